The minimum Gasteiger partial charge on any atom is -0.337 e. The zero-order valence-corrected chi connectivity index (χ0v) is 11.1. The van der Waals surface area contributed by atoms with E-state index in [1.807, 2.05) is 27.1 Å². The van der Waals surface area contributed by atoms with Crippen molar-refractivity contribution in [3.05, 3.63) is 23.9 Å². The van der Waals surface area contributed by atoms with Crippen LogP contribution in [0.15, 0.2) is 12.5 Å². The first-order valence-electron chi connectivity index (χ1n) is 5.49. The molecule has 0 saturated carbocycles. The summed E-state index contributed by atoms with van der Waals surface area (Å²) in [5, 5.41) is 8.57. The lowest BCUT2D eigenvalue weighted by atomic mass is 10.3. The van der Waals surface area contributed by atoms with Gasteiger partial charge >= 0.3 is 0 Å². The molecule has 0 aromatic carbocycles. The quantitative estimate of drug-likeness (QED) is 0.765. The van der Waals surface area contributed by atoms with Crippen LogP contribution in [0, 0.1) is 13.8 Å². The molecule has 0 aliphatic heterocycles. The highest BCUT2D eigenvalue weighted by Gasteiger charge is 2.12. The molecule has 0 radical (unpaired) electrons. The van der Waals surface area contributed by atoms with Crippen molar-refractivity contribution in [3.63, 3.8) is 0 Å². The number of anilines is 2. The van der Waals surface area contributed by atoms with E-state index >= 15 is 0 Å². The number of hydrogen-bond acceptors (Lipinski definition) is 6. The fourth-order valence-corrected chi connectivity index (χ4v) is 2.61. The van der Waals surface area contributed by atoms with Gasteiger partial charge < -0.3 is 5.32 Å². The summed E-state index contributed by atoms with van der Waals surface area (Å²) in [6.45, 7) is 3.92. The summed E-state index contributed by atoms with van der Waals surface area (Å²) in [5.41, 5.74) is 2.83. The molecule has 0 unspecified atom stereocenters. The number of nitrogens with zero attached hydrogens (tertiary/aromatic N) is 5. The second-order valence-corrected chi connectivity index (χ2v) is 4.85. The molecule has 3 rings (SSSR count). The highest BCUT2D eigenvalue weighted by molar-refractivity contribution is 7.13. The lowest BCUT2D eigenvalue weighted by Crippen LogP contribution is -1.95. The van der Waals surface area contributed by atoms with Crippen molar-refractivity contribution in [2.75, 3.05) is 5.32 Å². The Balaban J connectivity index is 2.10. The normalized spacial score (nSPS) is 11.1. The molecule has 0 atom stereocenters. The van der Waals surface area contributed by atoms with Crippen molar-refractivity contribution in [1.82, 2.24) is 24.1 Å². The molecule has 6 nitrogen and oxygen atoms in total. The molecular weight excluding hydrogens is 248 g/mol. The summed E-state index contributed by atoms with van der Waals surface area (Å²) in [7, 11) is 1.89. The van der Waals surface area contributed by atoms with Crippen LogP contribution in [0.3, 0.4) is 0 Å². The Morgan fingerprint density at radius 3 is 2.78 bits per heavy atom. The Labute approximate surface area is 108 Å². The molecule has 0 fully saturated rings. The lowest BCUT2D eigenvalue weighted by molar-refractivity contribution is 0.756. The van der Waals surface area contributed by atoms with Gasteiger partial charge in [0.25, 0.3) is 0 Å². The fraction of sp³-hybridized carbons (Fsp3) is 0.273. The first-order valence-corrected chi connectivity index (χ1v) is 6.27. The maximum Gasteiger partial charge on any atom is 0.149 e. The van der Waals surface area contributed by atoms with Gasteiger partial charge in [0.15, 0.2) is 0 Å². The SMILES string of the molecule is Cc1nn(C)cc1Nc1ncnc2snc(C)c12. The third kappa shape index (κ3) is 1.72. The Morgan fingerprint density at radius 2 is 2.06 bits per heavy atom. The number of aryl methyl sites for hydroxylation is 3. The second-order valence-electron chi connectivity index (χ2n) is 4.10. The van der Waals surface area contributed by atoms with Gasteiger partial charge in [-0.2, -0.15) is 9.47 Å². The van der Waals surface area contributed by atoms with Crippen LogP contribution in [-0.4, -0.2) is 24.1 Å². The van der Waals surface area contributed by atoms with E-state index in [-0.39, 0.29) is 0 Å². The van der Waals surface area contributed by atoms with Crippen LogP contribution in [0.1, 0.15) is 11.4 Å². The number of fused-ring (bicyclic) bond motifs is 1. The fourth-order valence-electron chi connectivity index (χ4n) is 1.87. The van der Waals surface area contributed by atoms with Gasteiger partial charge in [-0.15, -0.1) is 0 Å². The maximum absolute atomic E-state index is 4.30. The summed E-state index contributed by atoms with van der Waals surface area (Å²) in [5.74, 6) is 0.780. The van der Waals surface area contributed by atoms with Crippen LogP contribution in [0.4, 0.5) is 11.5 Å². The Morgan fingerprint density at radius 1 is 1.22 bits per heavy atom. The molecule has 0 aliphatic rings. The van der Waals surface area contributed by atoms with Crippen LogP contribution in [0.25, 0.3) is 10.2 Å². The van der Waals surface area contributed by atoms with E-state index in [9.17, 15) is 0 Å². The summed E-state index contributed by atoms with van der Waals surface area (Å²) >= 11 is 1.39. The molecule has 0 bridgehead atoms. The van der Waals surface area contributed by atoms with Crippen LogP contribution in [-0.2, 0) is 7.05 Å². The largest absolute Gasteiger partial charge is 0.337 e. The minimum atomic E-state index is 0.780. The molecule has 3 heterocycles. The van der Waals surface area contributed by atoms with Gasteiger partial charge in [-0.05, 0) is 25.4 Å². The van der Waals surface area contributed by atoms with E-state index < -0.39 is 0 Å². The summed E-state index contributed by atoms with van der Waals surface area (Å²) in [4.78, 5) is 9.40. The zero-order valence-electron chi connectivity index (χ0n) is 10.3. The predicted octanol–water partition coefficient (Wildman–Crippen LogP) is 2.18. The van der Waals surface area contributed by atoms with Gasteiger partial charge in [0, 0.05) is 13.2 Å². The monoisotopic (exact) mass is 260 g/mol. The zero-order chi connectivity index (χ0) is 12.7. The van der Waals surface area contributed by atoms with Gasteiger partial charge in [-0.25, -0.2) is 9.97 Å². The lowest BCUT2D eigenvalue weighted by Gasteiger charge is -2.04. The van der Waals surface area contributed by atoms with Gasteiger partial charge in [0.1, 0.15) is 17.0 Å². The topological polar surface area (TPSA) is 68.5 Å². The van der Waals surface area contributed by atoms with E-state index in [2.05, 4.69) is 24.8 Å². The average Bonchev–Trinajstić information content (AvgIpc) is 2.84. The standard InChI is InChI=1S/C11H12N6S/c1-6-8(4-17(3)15-6)14-10-9-7(2)16-18-11(9)13-5-12-10/h4-5H,1-3H3,(H,12,13,14). The van der Waals surface area contributed by atoms with Gasteiger partial charge in [0.05, 0.1) is 22.5 Å². The third-order valence-corrected chi connectivity index (χ3v) is 3.56. The minimum absolute atomic E-state index is 0.780. The van der Waals surface area contributed by atoms with Crippen molar-refractivity contribution in [1.29, 1.82) is 0 Å². The summed E-state index contributed by atoms with van der Waals surface area (Å²) in [6, 6.07) is 0. The second kappa shape index (κ2) is 4.02. The molecule has 0 amide bonds. The van der Waals surface area contributed by atoms with Gasteiger partial charge in [0.2, 0.25) is 0 Å². The Hall–Kier alpha value is -2.02. The van der Waals surface area contributed by atoms with E-state index in [0.717, 1.165) is 33.1 Å². The van der Waals surface area contributed by atoms with E-state index in [0.29, 0.717) is 0 Å². The molecule has 7 heteroatoms. The Bertz CT molecular complexity index is 713. The van der Waals surface area contributed by atoms with Crippen molar-refractivity contribution >= 4 is 33.3 Å². The summed E-state index contributed by atoms with van der Waals surface area (Å²) < 4.78 is 6.08. The molecular formula is C11H12N6S. The third-order valence-electron chi connectivity index (χ3n) is 2.71. The van der Waals surface area contributed by atoms with Gasteiger partial charge in [-0.1, -0.05) is 0 Å². The highest BCUT2D eigenvalue weighted by atomic mass is 32.1. The van der Waals surface area contributed by atoms with Crippen molar-refractivity contribution < 1.29 is 0 Å². The average molecular weight is 260 g/mol. The molecule has 0 spiro atoms. The molecule has 0 aliphatic carbocycles. The van der Waals surface area contributed by atoms with Crippen LogP contribution < -0.4 is 5.32 Å². The predicted molar refractivity (Wildman–Crippen MR) is 71.2 cm³/mol. The highest BCUT2D eigenvalue weighted by Crippen LogP contribution is 2.28. The molecule has 3 aromatic rings. The van der Waals surface area contributed by atoms with E-state index in [1.54, 1.807) is 11.0 Å². The van der Waals surface area contributed by atoms with Crippen LogP contribution >= 0.6 is 11.5 Å². The van der Waals surface area contributed by atoms with E-state index in [1.165, 1.54) is 11.5 Å². The van der Waals surface area contributed by atoms with E-state index in [4.69, 9.17) is 0 Å². The van der Waals surface area contributed by atoms with Crippen molar-refractivity contribution in [2.45, 2.75) is 13.8 Å². The molecule has 0 saturated heterocycles. The number of nitrogens with one attached hydrogen (secondary N) is 1. The molecule has 18 heavy (non-hydrogen) atoms. The number of aromatic nitrogens is 5. The first kappa shape index (κ1) is 11.1. The Kier molecular flexibility index (Phi) is 2.48. The number of rotatable bonds is 2. The van der Waals surface area contributed by atoms with Crippen LogP contribution in [0.5, 0.6) is 0 Å². The smallest absolute Gasteiger partial charge is 0.149 e. The van der Waals surface area contributed by atoms with Crippen molar-refractivity contribution in [3.8, 4) is 0 Å². The van der Waals surface area contributed by atoms with Gasteiger partial charge in [-0.3, -0.25) is 4.68 Å². The summed E-state index contributed by atoms with van der Waals surface area (Å²) in [6.07, 6.45) is 3.48. The molecule has 1 N–H and O–H groups in total. The van der Waals surface area contributed by atoms with Crippen molar-refractivity contribution in [2.24, 2.45) is 7.05 Å². The van der Waals surface area contributed by atoms with Crippen LogP contribution in [0.2, 0.25) is 0 Å². The number of hydrogen-bond donors (Lipinski definition) is 1. The maximum atomic E-state index is 4.30. The first-order chi connectivity index (χ1) is 8.65. The molecule has 92 valence electrons. The molecule has 3 aromatic heterocycles.